The molecule has 1 amide bonds. The van der Waals surface area contributed by atoms with Crippen LogP contribution in [0.5, 0.6) is 0 Å². The molecule has 0 bridgehead atoms. The van der Waals surface area contributed by atoms with E-state index in [1.807, 2.05) is 13.8 Å². The number of nitrogens with zero attached hydrogens (tertiary/aromatic N) is 1. The Kier molecular flexibility index (Phi) is 4.81. The van der Waals surface area contributed by atoms with Crippen LogP contribution in [0.2, 0.25) is 0 Å². The van der Waals surface area contributed by atoms with Crippen LogP contribution in [0.4, 0.5) is 10.1 Å². The normalized spacial score (nSPS) is 12.0. The van der Waals surface area contributed by atoms with Crippen LogP contribution in [0.25, 0.3) is 0 Å². The highest BCUT2D eigenvalue weighted by molar-refractivity contribution is 5.95. The maximum atomic E-state index is 13.3. The lowest BCUT2D eigenvalue weighted by molar-refractivity contribution is -0.117. The molecule has 18 heavy (non-hydrogen) atoms. The van der Waals surface area contributed by atoms with E-state index in [-0.39, 0.29) is 17.2 Å². The van der Waals surface area contributed by atoms with Crippen LogP contribution in [0.3, 0.4) is 0 Å². The number of nitriles is 1. The van der Waals surface area contributed by atoms with E-state index in [4.69, 9.17) is 11.0 Å². The Morgan fingerprint density at radius 1 is 1.56 bits per heavy atom. The molecule has 1 rings (SSSR count). The first kappa shape index (κ1) is 14.1. The first-order valence-electron chi connectivity index (χ1n) is 5.70. The Bertz CT molecular complexity index is 480. The van der Waals surface area contributed by atoms with Crippen molar-refractivity contribution < 1.29 is 9.18 Å². The summed E-state index contributed by atoms with van der Waals surface area (Å²) in [5.74, 6) is -0.785. The van der Waals surface area contributed by atoms with Gasteiger partial charge in [0.15, 0.2) is 0 Å². The highest BCUT2D eigenvalue weighted by Gasteiger charge is 2.17. The van der Waals surface area contributed by atoms with Gasteiger partial charge in [0.05, 0.1) is 11.7 Å². The Hall–Kier alpha value is -1.93. The summed E-state index contributed by atoms with van der Waals surface area (Å²) in [6.45, 7) is 3.91. The molecule has 0 aliphatic carbocycles. The third-order valence-electron chi connectivity index (χ3n) is 2.45. The highest BCUT2D eigenvalue weighted by Crippen LogP contribution is 2.18. The molecule has 0 aliphatic rings. The number of amides is 1. The van der Waals surface area contributed by atoms with Gasteiger partial charge in [0.2, 0.25) is 5.91 Å². The molecule has 1 unspecified atom stereocenters. The van der Waals surface area contributed by atoms with Crippen LogP contribution in [0.15, 0.2) is 18.2 Å². The third kappa shape index (κ3) is 3.54. The molecule has 0 aliphatic heterocycles. The SMILES string of the molecule is CC(C)CC(N)C(=O)Nc1cccc(F)c1C#N. The van der Waals surface area contributed by atoms with Crippen LogP contribution in [0.1, 0.15) is 25.8 Å². The summed E-state index contributed by atoms with van der Waals surface area (Å²) in [4.78, 5) is 11.8. The number of nitrogens with two attached hydrogens (primary N) is 1. The van der Waals surface area contributed by atoms with E-state index in [0.29, 0.717) is 6.42 Å². The summed E-state index contributed by atoms with van der Waals surface area (Å²) in [6.07, 6.45) is 0.531. The minimum atomic E-state index is -0.667. The van der Waals surface area contributed by atoms with E-state index in [0.717, 1.165) is 0 Å². The summed E-state index contributed by atoms with van der Waals surface area (Å²) >= 11 is 0. The maximum Gasteiger partial charge on any atom is 0.241 e. The van der Waals surface area contributed by atoms with Gasteiger partial charge in [-0.3, -0.25) is 4.79 Å². The number of hydrogen-bond acceptors (Lipinski definition) is 3. The van der Waals surface area contributed by atoms with Gasteiger partial charge >= 0.3 is 0 Å². The first-order chi connectivity index (χ1) is 8.45. The average molecular weight is 249 g/mol. The van der Waals surface area contributed by atoms with Gasteiger partial charge in [0.1, 0.15) is 17.4 Å². The fraction of sp³-hybridized carbons (Fsp3) is 0.385. The summed E-state index contributed by atoms with van der Waals surface area (Å²) in [6, 6.07) is 5.12. The van der Waals surface area contributed by atoms with E-state index in [1.165, 1.54) is 18.2 Å². The monoisotopic (exact) mass is 249 g/mol. The van der Waals surface area contributed by atoms with Gasteiger partial charge in [-0.05, 0) is 24.5 Å². The second-order valence-corrected chi connectivity index (χ2v) is 4.50. The molecule has 3 N–H and O–H groups in total. The van der Waals surface area contributed by atoms with Crippen molar-refractivity contribution in [2.75, 3.05) is 5.32 Å². The Morgan fingerprint density at radius 3 is 2.78 bits per heavy atom. The lowest BCUT2D eigenvalue weighted by Gasteiger charge is -2.14. The largest absolute Gasteiger partial charge is 0.323 e. The molecule has 96 valence electrons. The summed E-state index contributed by atoms with van der Waals surface area (Å²) in [5.41, 5.74) is 5.68. The molecular weight excluding hydrogens is 233 g/mol. The summed E-state index contributed by atoms with van der Waals surface area (Å²) in [7, 11) is 0. The summed E-state index contributed by atoms with van der Waals surface area (Å²) in [5, 5.41) is 11.3. The van der Waals surface area contributed by atoms with E-state index in [2.05, 4.69) is 5.32 Å². The van der Waals surface area contributed by atoms with Gasteiger partial charge in [-0.25, -0.2) is 4.39 Å². The van der Waals surface area contributed by atoms with E-state index in [1.54, 1.807) is 6.07 Å². The molecule has 0 fully saturated rings. The average Bonchev–Trinajstić information content (AvgIpc) is 2.28. The van der Waals surface area contributed by atoms with Crippen molar-refractivity contribution in [2.24, 2.45) is 11.7 Å². The number of anilines is 1. The number of hydrogen-bond donors (Lipinski definition) is 2. The number of nitrogens with one attached hydrogen (secondary N) is 1. The highest BCUT2D eigenvalue weighted by atomic mass is 19.1. The van der Waals surface area contributed by atoms with Crippen LogP contribution in [-0.4, -0.2) is 11.9 Å². The van der Waals surface area contributed by atoms with Gasteiger partial charge in [-0.2, -0.15) is 5.26 Å². The zero-order valence-corrected chi connectivity index (χ0v) is 10.4. The van der Waals surface area contributed by atoms with E-state index >= 15 is 0 Å². The number of carbonyl (C=O) groups is 1. The van der Waals surface area contributed by atoms with Crippen LogP contribution in [0, 0.1) is 23.1 Å². The minimum absolute atomic E-state index is 0.154. The number of carbonyl (C=O) groups excluding carboxylic acids is 1. The van der Waals surface area contributed by atoms with Crippen molar-refractivity contribution in [1.29, 1.82) is 5.26 Å². The first-order valence-corrected chi connectivity index (χ1v) is 5.70. The molecule has 4 nitrogen and oxygen atoms in total. The fourth-order valence-corrected chi connectivity index (χ4v) is 1.58. The second-order valence-electron chi connectivity index (χ2n) is 4.50. The molecule has 5 heteroatoms. The standard InChI is InChI=1S/C13H16FN3O/c1-8(2)6-11(16)13(18)17-12-5-3-4-10(14)9(12)7-15/h3-5,8,11H,6,16H2,1-2H3,(H,17,18). The maximum absolute atomic E-state index is 13.3. The second kappa shape index (κ2) is 6.12. The smallest absolute Gasteiger partial charge is 0.241 e. The van der Waals surface area contributed by atoms with Crippen LogP contribution in [-0.2, 0) is 4.79 Å². The predicted molar refractivity (Wildman–Crippen MR) is 67.2 cm³/mol. The van der Waals surface area contributed by atoms with Gasteiger partial charge in [0.25, 0.3) is 0 Å². The molecule has 0 aromatic heterocycles. The molecule has 1 atom stereocenters. The number of halogens is 1. The summed E-state index contributed by atoms with van der Waals surface area (Å²) < 4.78 is 13.3. The number of rotatable bonds is 4. The van der Waals surface area contributed by atoms with Crippen LogP contribution < -0.4 is 11.1 Å². The Labute approximate surface area is 106 Å². The van der Waals surface area contributed by atoms with E-state index in [9.17, 15) is 9.18 Å². The zero-order valence-electron chi connectivity index (χ0n) is 10.4. The molecule has 1 aromatic carbocycles. The topological polar surface area (TPSA) is 78.9 Å². The molecular formula is C13H16FN3O. The molecule has 0 heterocycles. The zero-order chi connectivity index (χ0) is 13.7. The lowest BCUT2D eigenvalue weighted by atomic mass is 10.0. The van der Waals surface area contributed by atoms with Gasteiger partial charge in [0, 0.05) is 0 Å². The fourth-order valence-electron chi connectivity index (χ4n) is 1.58. The van der Waals surface area contributed by atoms with Crippen molar-refractivity contribution >= 4 is 11.6 Å². The Balaban J connectivity index is 2.83. The van der Waals surface area contributed by atoms with Gasteiger partial charge in [-0.1, -0.05) is 19.9 Å². The van der Waals surface area contributed by atoms with Crippen molar-refractivity contribution in [3.05, 3.63) is 29.6 Å². The predicted octanol–water partition coefficient (Wildman–Crippen LogP) is 2.01. The number of benzene rings is 1. The van der Waals surface area contributed by atoms with Crippen molar-refractivity contribution in [3.63, 3.8) is 0 Å². The van der Waals surface area contributed by atoms with E-state index < -0.39 is 17.8 Å². The molecule has 0 spiro atoms. The Morgan fingerprint density at radius 2 is 2.22 bits per heavy atom. The quantitative estimate of drug-likeness (QED) is 0.856. The van der Waals surface area contributed by atoms with Crippen molar-refractivity contribution in [1.82, 2.24) is 0 Å². The van der Waals surface area contributed by atoms with Gasteiger partial charge < -0.3 is 11.1 Å². The van der Waals surface area contributed by atoms with Crippen molar-refractivity contribution in [3.8, 4) is 6.07 Å². The lowest BCUT2D eigenvalue weighted by Crippen LogP contribution is -2.36. The third-order valence-corrected chi connectivity index (χ3v) is 2.45. The molecule has 1 aromatic rings. The molecule has 0 saturated heterocycles. The molecule has 0 saturated carbocycles. The van der Waals surface area contributed by atoms with Crippen LogP contribution >= 0.6 is 0 Å². The molecule has 0 radical (unpaired) electrons. The minimum Gasteiger partial charge on any atom is -0.323 e. The van der Waals surface area contributed by atoms with Gasteiger partial charge in [-0.15, -0.1) is 0 Å². The van der Waals surface area contributed by atoms with Crippen molar-refractivity contribution in [2.45, 2.75) is 26.3 Å².